The summed E-state index contributed by atoms with van der Waals surface area (Å²) in [7, 11) is 2.92. The van der Waals surface area contributed by atoms with E-state index in [4.69, 9.17) is 9.47 Å². The van der Waals surface area contributed by atoms with Gasteiger partial charge < -0.3 is 30.1 Å². The number of aliphatic hydroxyl groups excluding tert-OH is 2. The second-order valence-electron chi connectivity index (χ2n) is 12.4. The van der Waals surface area contributed by atoms with E-state index in [9.17, 15) is 34.5 Å². The largest absolute Gasteiger partial charge is 0.507 e. The van der Waals surface area contributed by atoms with Crippen LogP contribution in [0.3, 0.4) is 0 Å². The van der Waals surface area contributed by atoms with Crippen LogP contribution in [0.25, 0.3) is 11.1 Å². The summed E-state index contributed by atoms with van der Waals surface area (Å²) >= 11 is 0. The van der Waals surface area contributed by atoms with Crippen LogP contribution in [0.5, 0.6) is 11.5 Å². The van der Waals surface area contributed by atoms with E-state index in [1.54, 1.807) is 13.2 Å². The van der Waals surface area contributed by atoms with E-state index in [0.29, 0.717) is 37.1 Å². The van der Waals surface area contributed by atoms with Gasteiger partial charge in [0.25, 0.3) is 0 Å². The van der Waals surface area contributed by atoms with Gasteiger partial charge in [0.2, 0.25) is 0 Å². The molecule has 1 aliphatic rings. The summed E-state index contributed by atoms with van der Waals surface area (Å²) in [5, 5.41) is 33.9. The Labute approximate surface area is 265 Å². The molecule has 0 fully saturated rings. The Bertz CT molecular complexity index is 1370. The SMILES string of the molecule is COC(=O)C(CC(C)C)NCc1ccc(OC)c(-c2ccc(O)c3c2CC(CC(CCO)C(CO)C(=O)CC(C)=O)CC3=O)c1. The number of hydrogen-bond acceptors (Lipinski definition) is 10. The zero-order chi connectivity index (χ0) is 33.3. The van der Waals surface area contributed by atoms with E-state index < -0.39 is 24.5 Å². The standard InChI is InChI=1S/C35H47NO9/c1-20(2)12-29(35(43)45-5)36-18-22-6-9-33(44-4)26(15-22)25-7-8-30(40)34-27(25)16-23(17-32(34)42)14-24(10-11-37)28(19-38)31(41)13-21(3)39/h6-9,15,20,23-24,28-29,36-38,40H,10-14,16-19H2,1-5H3. The van der Waals surface area contributed by atoms with Crippen molar-refractivity contribution in [3.05, 3.63) is 47.0 Å². The predicted molar refractivity (Wildman–Crippen MR) is 169 cm³/mol. The van der Waals surface area contributed by atoms with Crippen LogP contribution in [0.4, 0.5) is 0 Å². The minimum absolute atomic E-state index is 0.111. The highest BCUT2D eigenvalue weighted by Gasteiger charge is 2.35. The molecule has 4 unspecified atom stereocenters. The van der Waals surface area contributed by atoms with Crippen molar-refractivity contribution in [3.8, 4) is 22.6 Å². The molecule has 4 atom stereocenters. The number of phenolic OH excluding ortho intramolecular Hbond substituents is 1. The average molecular weight is 626 g/mol. The monoisotopic (exact) mass is 625 g/mol. The molecule has 0 saturated heterocycles. The number of benzene rings is 2. The third-order valence-corrected chi connectivity index (χ3v) is 8.57. The van der Waals surface area contributed by atoms with Crippen LogP contribution in [0, 0.1) is 23.7 Å². The normalized spacial score (nSPS) is 16.5. The maximum atomic E-state index is 13.5. The van der Waals surface area contributed by atoms with Crippen molar-refractivity contribution >= 4 is 23.3 Å². The van der Waals surface area contributed by atoms with Gasteiger partial charge in [-0.05, 0) is 85.3 Å². The molecule has 2 aromatic rings. The Balaban J connectivity index is 1.97. The van der Waals surface area contributed by atoms with Crippen LogP contribution in [-0.2, 0) is 32.1 Å². The lowest BCUT2D eigenvalue weighted by Crippen LogP contribution is -2.38. The minimum atomic E-state index is -0.824. The summed E-state index contributed by atoms with van der Waals surface area (Å²) in [6.45, 7) is 5.11. The topological polar surface area (TPSA) is 159 Å². The number of ether oxygens (including phenoxy) is 2. The highest BCUT2D eigenvalue weighted by atomic mass is 16.5. The van der Waals surface area contributed by atoms with Crippen LogP contribution < -0.4 is 10.1 Å². The number of ketones is 3. The second kappa shape index (κ2) is 16.6. The first-order valence-electron chi connectivity index (χ1n) is 15.5. The molecule has 0 heterocycles. The summed E-state index contributed by atoms with van der Waals surface area (Å²) in [6.07, 6.45) is 1.49. The third-order valence-electron chi connectivity index (χ3n) is 8.57. The number of phenols is 1. The van der Waals surface area contributed by atoms with Gasteiger partial charge in [-0.1, -0.05) is 26.0 Å². The maximum Gasteiger partial charge on any atom is 0.322 e. The number of methoxy groups -OCH3 is 2. The molecule has 0 saturated carbocycles. The zero-order valence-electron chi connectivity index (χ0n) is 26.9. The summed E-state index contributed by atoms with van der Waals surface area (Å²) in [5.74, 6) is -1.97. The van der Waals surface area contributed by atoms with Gasteiger partial charge >= 0.3 is 5.97 Å². The molecule has 2 aromatic carbocycles. The number of carbonyl (C=O) groups excluding carboxylic acids is 4. The van der Waals surface area contributed by atoms with Crippen LogP contribution in [0.15, 0.2) is 30.3 Å². The van der Waals surface area contributed by atoms with Gasteiger partial charge in [-0.25, -0.2) is 0 Å². The molecule has 4 N–H and O–H groups in total. The molecule has 0 bridgehead atoms. The van der Waals surface area contributed by atoms with Crippen molar-refractivity contribution in [1.29, 1.82) is 0 Å². The molecule has 1 aliphatic carbocycles. The summed E-state index contributed by atoms with van der Waals surface area (Å²) in [4.78, 5) is 50.2. The van der Waals surface area contributed by atoms with Crippen molar-refractivity contribution in [3.63, 3.8) is 0 Å². The fourth-order valence-electron chi connectivity index (χ4n) is 6.46. The van der Waals surface area contributed by atoms with E-state index in [1.807, 2.05) is 32.0 Å². The van der Waals surface area contributed by atoms with Crippen LogP contribution in [0.2, 0.25) is 0 Å². The molecule has 3 rings (SSSR count). The smallest absolute Gasteiger partial charge is 0.322 e. The van der Waals surface area contributed by atoms with Gasteiger partial charge in [0.05, 0.1) is 32.8 Å². The molecule has 10 heteroatoms. The minimum Gasteiger partial charge on any atom is -0.507 e. The van der Waals surface area contributed by atoms with Gasteiger partial charge in [0, 0.05) is 31.1 Å². The number of rotatable bonds is 17. The number of hydrogen-bond donors (Lipinski definition) is 4. The van der Waals surface area contributed by atoms with Gasteiger partial charge in [-0.3, -0.25) is 19.2 Å². The summed E-state index contributed by atoms with van der Waals surface area (Å²) in [5.41, 5.74) is 3.22. The number of fused-ring (bicyclic) bond motifs is 1. The summed E-state index contributed by atoms with van der Waals surface area (Å²) < 4.78 is 10.7. The van der Waals surface area contributed by atoms with Crippen molar-refractivity contribution in [1.82, 2.24) is 5.32 Å². The lowest BCUT2D eigenvalue weighted by molar-refractivity contribution is -0.143. The van der Waals surface area contributed by atoms with Crippen LogP contribution in [-0.4, -0.2) is 72.1 Å². The molecule has 0 aromatic heterocycles. The lowest BCUT2D eigenvalue weighted by atomic mass is 9.72. The highest BCUT2D eigenvalue weighted by Crippen LogP contribution is 2.43. The molecule has 0 amide bonds. The number of carbonyl (C=O) groups is 4. The Kier molecular flexibility index (Phi) is 13.3. The average Bonchev–Trinajstić information content (AvgIpc) is 2.98. The van der Waals surface area contributed by atoms with Gasteiger partial charge in [-0.2, -0.15) is 0 Å². The second-order valence-corrected chi connectivity index (χ2v) is 12.4. The van der Waals surface area contributed by atoms with E-state index in [-0.39, 0.29) is 72.3 Å². The molecular formula is C35H47NO9. The highest BCUT2D eigenvalue weighted by molar-refractivity contribution is 6.03. The molecule has 0 radical (unpaired) electrons. The Morgan fingerprint density at radius 1 is 1.04 bits per heavy atom. The van der Waals surface area contributed by atoms with Gasteiger partial charge in [0.1, 0.15) is 29.1 Å². The number of nitrogens with one attached hydrogen (secondary N) is 1. The van der Waals surface area contributed by atoms with Crippen molar-refractivity contribution < 1.29 is 44.0 Å². The van der Waals surface area contributed by atoms with Gasteiger partial charge in [-0.15, -0.1) is 0 Å². The van der Waals surface area contributed by atoms with Crippen LogP contribution >= 0.6 is 0 Å². The molecule has 45 heavy (non-hydrogen) atoms. The number of esters is 1. The molecule has 10 nitrogen and oxygen atoms in total. The van der Waals surface area contributed by atoms with Crippen molar-refractivity contribution in [2.75, 3.05) is 27.4 Å². The fraction of sp³-hybridized carbons (Fsp3) is 0.543. The van der Waals surface area contributed by atoms with E-state index >= 15 is 0 Å². The molecule has 246 valence electrons. The number of aliphatic hydroxyl groups is 2. The van der Waals surface area contributed by atoms with Crippen LogP contribution in [0.1, 0.15) is 74.4 Å². The van der Waals surface area contributed by atoms with E-state index in [0.717, 1.165) is 16.7 Å². The number of Topliss-reactive ketones (excluding diaryl/α,β-unsaturated/α-hetero) is 3. The zero-order valence-corrected chi connectivity index (χ0v) is 26.9. The first-order chi connectivity index (χ1) is 21.4. The van der Waals surface area contributed by atoms with Crippen molar-refractivity contribution in [2.45, 2.75) is 71.9 Å². The number of aromatic hydroxyl groups is 1. The molecular weight excluding hydrogens is 578 g/mol. The third kappa shape index (κ3) is 9.22. The fourth-order valence-corrected chi connectivity index (χ4v) is 6.46. The lowest BCUT2D eigenvalue weighted by Gasteiger charge is -2.32. The van der Waals surface area contributed by atoms with E-state index in [2.05, 4.69) is 5.32 Å². The first-order valence-corrected chi connectivity index (χ1v) is 15.5. The Morgan fingerprint density at radius 3 is 2.38 bits per heavy atom. The predicted octanol–water partition coefficient (Wildman–Crippen LogP) is 4.04. The summed E-state index contributed by atoms with van der Waals surface area (Å²) in [6, 6.07) is 8.45. The molecule has 0 aliphatic heterocycles. The molecule has 0 spiro atoms. The van der Waals surface area contributed by atoms with E-state index in [1.165, 1.54) is 20.1 Å². The van der Waals surface area contributed by atoms with Crippen molar-refractivity contribution in [2.24, 2.45) is 23.7 Å². The Morgan fingerprint density at radius 2 is 1.78 bits per heavy atom. The first kappa shape index (κ1) is 35.9. The van der Waals surface area contributed by atoms with Gasteiger partial charge in [0.15, 0.2) is 5.78 Å². The maximum absolute atomic E-state index is 13.5. The Hall–Kier alpha value is -3.60. The quantitative estimate of drug-likeness (QED) is 0.149.